The van der Waals surface area contributed by atoms with Gasteiger partial charge >= 0.3 is 12.1 Å². The van der Waals surface area contributed by atoms with Crippen LogP contribution in [0.2, 0.25) is 0 Å². The molecule has 0 aliphatic carbocycles. The van der Waals surface area contributed by atoms with Crippen LogP contribution in [-0.4, -0.2) is 33.7 Å². The molecular weight excluding hydrogens is 350 g/mol. The highest BCUT2D eigenvalue weighted by molar-refractivity contribution is 5.85. The van der Waals surface area contributed by atoms with Crippen LogP contribution in [0.15, 0.2) is 41.2 Å². The maximum absolute atomic E-state index is 12.0. The van der Waals surface area contributed by atoms with Crippen LogP contribution in [0.1, 0.15) is 13.3 Å². The molecule has 0 aliphatic rings. The molecule has 0 saturated heterocycles. The van der Waals surface area contributed by atoms with Crippen molar-refractivity contribution in [3.63, 3.8) is 0 Å². The molecule has 2 rings (SSSR count). The summed E-state index contributed by atoms with van der Waals surface area (Å²) >= 11 is 0. The predicted molar refractivity (Wildman–Crippen MR) is 74.2 cm³/mol. The number of esters is 1. The maximum atomic E-state index is 12.0. The van der Waals surface area contributed by atoms with Crippen molar-refractivity contribution in [3.8, 4) is 11.4 Å². The molecule has 138 valence electrons. The highest BCUT2D eigenvalue weighted by atomic mass is 19.4. The number of alkyl halides is 3. The van der Waals surface area contributed by atoms with E-state index in [1.165, 1.54) is 24.1 Å². The van der Waals surface area contributed by atoms with E-state index in [0.29, 0.717) is 11.4 Å². The lowest BCUT2D eigenvalue weighted by Crippen LogP contribution is -2.13. The molecule has 0 amide bonds. The highest BCUT2D eigenvalue weighted by Crippen LogP contribution is 2.22. The van der Waals surface area contributed by atoms with Gasteiger partial charge in [0, 0.05) is 12.3 Å². The maximum Gasteiger partial charge on any atom is 0.390 e. The number of hydrogen-bond donors (Lipinski definition) is 0. The first-order chi connectivity index (χ1) is 11.8. The van der Waals surface area contributed by atoms with E-state index < -0.39 is 24.4 Å². The average Bonchev–Trinajstić information content (AvgIpc) is 3.22. The van der Waals surface area contributed by atoms with Crippen LogP contribution in [0, 0.1) is 0 Å². The minimum Gasteiger partial charge on any atom is -0.876 e. The molecular formula is C14H14F4N3O4-. The largest absolute Gasteiger partial charge is 0.876 e. The molecule has 0 N–H and O–H groups in total. The summed E-state index contributed by atoms with van der Waals surface area (Å²) in [6.07, 6.45) is -2.50. The Morgan fingerprint density at radius 3 is 2.68 bits per heavy atom. The molecule has 2 aromatic rings. The van der Waals surface area contributed by atoms with Crippen molar-refractivity contribution >= 4 is 5.97 Å². The van der Waals surface area contributed by atoms with Gasteiger partial charge in [-0.3, -0.25) is 4.68 Å². The number of nitrogens with zero attached hydrogens (tertiary/aromatic N) is 3. The van der Waals surface area contributed by atoms with Gasteiger partial charge in [-0.25, -0.2) is 9.18 Å². The predicted octanol–water partition coefficient (Wildman–Crippen LogP) is 2.21. The SMILES string of the molecule is CCOC(=O)/C(F)=C/[O-].FC(F)(F)CCn1nccc1-c1ccon1. The summed E-state index contributed by atoms with van der Waals surface area (Å²) < 4.78 is 57.9. The summed E-state index contributed by atoms with van der Waals surface area (Å²) in [5.41, 5.74) is 0.984. The third-order valence-electron chi connectivity index (χ3n) is 2.60. The second kappa shape index (κ2) is 9.45. The molecule has 0 radical (unpaired) electrons. The van der Waals surface area contributed by atoms with E-state index >= 15 is 0 Å². The molecule has 0 aromatic carbocycles. The molecule has 0 atom stereocenters. The molecule has 11 heteroatoms. The number of carbonyl (C=O) groups excluding carboxylic acids is 1. The zero-order valence-electron chi connectivity index (χ0n) is 13.0. The van der Waals surface area contributed by atoms with Crippen LogP contribution in [0.25, 0.3) is 11.4 Å². The minimum absolute atomic E-state index is 0.0695. The topological polar surface area (TPSA) is 93.2 Å². The van der Waals surface area contributed by atoms with Gasteiger partial charge in [-0.15, -0.1) is 6.26 Å². The van der Waals surface area contributed by atoms with E-state index in [9.17, 15) is 27.5 Å². The Hall–Kier alpha value is -2.85. The summed E-state index contributed by atoms with van der Waals surface area (Å²) in [5.74, 6) is -2.59. The van der Waals surface area contributed by atoms with Crippen molar-refractivity contribution in [2.75, 3.05) is 6.61 Å². The van der Waals surface area contributed by atoms with Crippen molar-refractivity contribution < 1.29 is 36.7 Å². The zero-order chi connectivity index (χ0) is 18.9. The van der Waals surface area contributed by atoms with Gasteiger partial charge in [0.15, 0.2) is 5.83 Å². The third kappa shape index (κ3) is 7.06. The number of rotatable bonds is 5. The molecule has 0 aliphatic heterocycles. The molecule has 0 unspecified atom stereocenters. The number of halogens is 4. The van der Waals surface area contributed by atoms with Gasteiger partial charge in [0.25, 0.3) is 0 Å². The van der Waals surface area contributed by atoms with E-state index in [0.717, 1.165) is 0 Å². The molecule has 0 saturated carbocycles. The van der Waals surface area contributed by atoms with Crippen LogP contribution in [-0.2, 0) is 16.1 Å². The first kappa shape index (κ1) is 20.2. The van der Waals surface area contributed by atoms with Crippen molar-refractivity contribution in [1.29, 1.82) is 0 Å². The molecule has 2 heterocycles. The van der Waals surface area contributed by atoms with Crippen molar-refractivity contribution in [2.24, 2.45) is 0 Å². The molecule has 0 fully saturated rings. The Morgan fingerprint density at radius 1 is 1.44 bits per heavy atom. The lowest BCUT2D eigenvalue weighted by atomic mass is 10.3. The van der Waals surface area contributed by atoms with Crippen molar-refractivity contribution in [1.82, 2.24) is 14.9 Å². The van der Waals surface area contributed by atoms with Crippen LogP contribution in [0.3, 0.4) is 0 Å². The van der Waals surface area contributed by atoms with Gasteiger partial charge in [-0.2, -0.15) is 18.3 Å². The number of hydrogen-bond acceptors (Lipinski definition) is 6. The lowest BCUT2D eigenvalue weighted by molar-refractivity contribution is -0.277. The van der Waals surface area contributed by atoms with Gasteiger partial charge in [-0.05, 0) is 13.0 Å². The zero-order valence-corrected chi connectivity index (χ0v) is 13.0. The van der Waals surface area contributed by atoms with Crippen LogP contribution in [0.4, 0.5) is 17.6 Å². The molecule has 0 spiro atoms. The molecule has 0 bridgehead atoms. The fourth-order valence-corrected chi connectivity index (χ4v) is 1.55. The van der Waals surface area contributed by atoms with E-state index in [1.807, 2.05) is 0 Å². The van der Waals surface area contributed by atoms with Crippen molar-refractivity contribution in [3.05, 3.63) is 36.7 Å². The van der Waals surface area contributed by atoms with Crippen molar-refractivity contribution in [2.45, 2.75) is 26.1 Å². The van der Waals surface area contributed by atoms with E-state index in [4.69, 9.17) is 0 Å². The Bertz CT molecular complexity index is 681. The Labute approximate surface area is 139 Å². The monoisotopic (exact) mass is 364 g/mol. The number of ether oxygens (including phenoxy) is 1. The fourth-order valence-electron chi connectivity index (χ4n) is 1.55. The van der Waals surface area contributed by atoms with E-state index in [-0.39, 0.29) is 19.4 Å². The first-order valence-corrected chi connectivity index (χ1v) is 6.92. The number of carbonyl (C=O) groups is 1. The molecule has 25 heavy (non-hydrogen) atoms. The number of aromatic nitrogens is 3. The second-order valence-corrected chi connectivity index (χ2v) is 4.38. The summed E-state index contributed by atoms with van der Waals surface area (Å²) in [6.45, 7) is 1.37. The summed E-state index contributed by atoms with van der Waals surface area (Å²) in [4.78, 5) is 10.1. The smallest absolute Gasteiger partial charge is 0.390 e. The van der Waals surface area contributed by atoms with Gasteiger partial charge in [-0.1, -0.05) is 5.16 Å². The summed E-state index contributed by atoms with van der Waals surface area (Å²) in [6, 6.07) is 3.16. The first-order valence-electron chi connectivity index (χ1n) is 6.92. The summed E-state index contributed by atoms with van der Waals surface area (Å²) in [5, 5.41) is 17.0. The van der Waals surface area contributed by atoms with Crippen LogP contribution in [0.5, 0.6) is 0 Å². The molecule has 2 aromatic heterocycles. The Morgan fingerprint density at radius 2 is 2.16 bits per heavy atom. The fraction of sp³-hybridized carbons (Fsp3) is 0.357. The second-order valence-electron chi connectivity index (χ2n) is 4.38. The number of aryl methyl sites for hydroxylation is 1. The van der Waals surface area contributed by atoms with Crippen LogP contribution >= 0.6 is 0 Å². The lowest BCUT2D eigenvalue weighted by Gasteiger charge is -2.07. The van der Waals surface area contributed by atoms with E-state index in [1.54, 1.807) is 12.1 Å². The van der Waals surface area contributed by atoms with Gasteiger partial charge in [0.05, 0.1) is 25.3 Å². The molecule has 7 nitrogen and oxygen atoms in total. The summed E-state index contributed by atoms with van der Waals surface area (Å²) in [7, 11) is 0. The quantitative estimate of drug-likeness (QED) is 0.350. The minimum atomic E-state index is -4.19. The van der Waals surface area contributed by atoms with Gasteiger partial charge < -0.3 is 14.4 Å². The van der Waals surface area contributed by atoms with Gasteiger partial charge in [0.1, 0.15) is 12.0 Å². The highest BCUT2D eigenvalue weighted by Gasteiger charge is 2.27. The Balaban J connectivity index is 0.000000299. The standard InChI is InChI=1S/C9H8F3N3O.C5H7FO3/c10-9(11,12)3-5-15-8(1-4-13-15)7-2-6-16-14-7;1-2-9-5(8)4(6)3-7/h1-2,4,6H,3,5H2;3,7H,2H2,1H3/p-1/b;4-3-. The normalized spacial score (nSPS) is 11.6. The van der Waals surface area contributed by atoms with E-state index in [2.05, 4.69) is 19.5 Å². The average molecular weight is 364 g/mol. The Kier molecular flexibility index (Phi) is 7.63. The third-order valence-corrected chi connectivity index (χ3v) is 2.60. The van der Waals surface area contributed by atoms with Gasteiger partial charge in [0.2, 0.25) is 0 Å². The van der Waals surface area contributed by atoms with Crippen LogP contribution < -0.4 is 5.11 Å².